The lowest BCUT2D eigenvalue weighted by Gasteiger charge is -2.19. The zero-order valence-corrected chi connectivity index (χ0v) is 17.7. The van der Waals surface area contributed by atoms with Crippen LogP contribution >= 0.6 is 0 Å². The molecule has 0 bridgehead atoms. The van der Waals surface area contributed by atoms with Crippen LogP contribution in [-0.2, 0) is 0 Å². The maximum Gasteiger partial charge on any atom is 0.403 e. The van der Waals surface area contributed by atoms with Crippen molar-refractivity contribution >= 4 is 30.6 Å². The van der Waals surface area contributed by atoms with Gasteiger partial charge in [-0.05, 0) is 71.8 Å². The first-order valence-corrected chi connectivity index (χ1v) is 10.6. The summed E-state index contributed by atoms with van der Waals surface area (Å²) in [6.07, 6.45) is 10.9. The Bertz CT molecular complexity index is 1270. The Morgan fingerprint density at radius 2 is 0.939 bits per heavy atom. The zero-order valence-electron chi connectivity index (χ0n) is 17.7. The van der Waals surface area contributed by atoms with Crippen LogP contribution in [0.5, 0.6) is 0 Å². The first-order chi connectivity index (χ1) is 16.4. The topological polar surface area (TPSA) is 58.0 Å². The number of benzene rings is 1. The molecule has 6 rings (SSSR count). The fraction of sp³-hybridized carbons (Fsp3) is 0. The van der Waals surface area contributed by atoms with Crippen molar-refractivity contribution in [3.63, 3.8) is 0 Å². The Labute approximate surface area is 192 Å². The summed E-state index contributed by atoms with van der Waals surface area (Å²) < 4.78 is 0. The number of nitrogens with zero attached hydrogens (tertiary/aromatic N) is 6. The average Bonchev–Trinajstić information content (AvgIpc) is 3.30. The van der Waals surface area contributed by atoms with Crippen LogP contribution < -0.4 is 9.62 Å². The van der Waals surface area contributed by atoms with Crippen molar-refractivity contribution in [3.8, 4) is 22.3 Å². The average molecular weight is 425 g/mol. The minimum absolute atomic E-state index is 0.844. The minimum atomic E-state index is 0.844. The van der Waals surface area contributed by atoms with Gasteiger partial charge in [-0.3, -0.25) is 9.97 Å². The highest BCUT2D eigenvalue weighted by Gasteiger charge is 2.31. The van der Waals surface area contributed by atoms with Crippen LogP contribution in [0.1, 0.15) is 0 Å². The molecule has 0 saturated carbocycles. The van der Waals surface area contributed by atoms with Gasteiger partial charge in [-0.25, -0.2) is 9.97 Å². The van der Waals surface area contributed by atoms with Crippen LogP contribution in [0.4, 0.5) is 23.0 Å². The Morgan fingerprint density at radius 1 is 0.485 bits per heavy atom. The number of para-hydroxylation sites is 2. The molecular formula is C26H18BN6. The van der Waals surface area contributed by atoms with Crippen molar-refractivity contribution in [1.82, 2.24) is 19.9 Å². The van der Waals surface area contributed by atoms with E-state index in [1.54, 1.807) is 24.8 Å². The summed E-state index contributed by atoms with van der Waals surface area (Å²) in [7, 11) is 2.04. The number of pyridine rings is 4. The summed E-state index contributed by atoms with van der Waals surface area (Å²) in [4.78, 5) is 21.8. The predicted octanol–water partition coefficient (Wildman–Crippen LogP) is 5.42. The molecule has 155 valence electrons. The maximum absolute atomic E-state index is 4.74. The zero-order chi connectivity index (χ0) is 22.0. The number of anilines is 4. The molecule has 0 fully saturated rings. The quantitative estimate of drug-likeness (QED) is 0.358. The molecule has 6 nitrogen and oxygen atoms in total. The van der Waals surface area contributed by atoms with Crippen LogP contribution in [-0.4, -0.2) is 27.5 Å². The Hall–Kier alpha value is -4.52. The lowest BCUT2D eigenvalue weighted by molar-refractivity contribution is 1.24. The van der Waals surface area contributed by atoms with Crippen LogP contribution in [0.2, 0.25) is 0 Å². The molecule has 1 aliphatic rings. The van der Waals surface area contributed by atoms with Crippen molar-refractivity contribution < 1.29 is 0 Å². The van der Waals surface area contributed by atoms with Gasteiger partial charge in [0.05, 0.1) is 11.4 Å². The molecule has 0 unspecified atom stereocenters. The maximum atomic E-state index is 4.74. The molecule has 0 spiro atoms. The molecule has 0 N–H and O–H groups in total. The highest BCUT2D eigenvalue weighted by Crippen LogP contribution is 2.42. The highest BCUT2D eigenvalue weighted by atomic mass is 15.3. The van der Waals surface area contributed by atoms with E-state index in [-0.39, 0.29) is 0 Å². The lowest BCUT2D eigenvalue weighted by Crippen LogP contribution is -2.29. The van der Waals surface area contributed by atoms with Gasteiger partial charge in [0.2, 0.25) is 0 Å². The van der Waals surface area contributed by atoms with Gasteiger partial charge in [0, 0.05) is 48.3 Å². The summed E-state index contributed by atoms with van der Waals surface area (Å²) in [5, 5.41) is 0. The summed E-state index contributed by atoms with van der Waals surface area (Å²) >= 11 is 0. The van der Waals surface area contributed by atoms with Crippen molar-refractivity contribution in [3.05, 3.63) is 110 Å². The van der Waals surface area contributed by atoms with E-state index in [0.29, 0.717) is 0 Å². The van der Waals surface area contributed by atoms with E-state index in [1.165, 1.54) is 0 Å². The number of fused-ring (bicyclic) bond motifs is 1. The molecule has 1 aliphatic heterocycles. The van der Waals surface area contributed by atoms with Crippen LogP contribution in [0, 0.1) is 0 Å². The highest BCUT2D eigenvalue weighted by molar-refractivity contribution is 6.54. The lowest BCUT2D eigenvalue weighted by atomic mass is 10.1. The van der Waals surface area contributed by atoms with Crippen molar-refractivity contribution in [2.45, 2.75) is 0 Å². The number of hydrogen-bond acceptors (Lipinski definition) is 6. The van der Waals surface area contributed by atoms with Gasteiger partial charge in [-0.2, -0.15) is 0 Å². The summed E-state index contributed by atoms with van der Waals surface area (Å²) in [5.74, 6) is 1.69. The molecular weight excluding hydrogens is 407 g/mol. The predicted molar refractivity (Wildman–Crippen MR) is 131 cm³/mol. The molecule has 0 atom stereocenters. The molecule has 0 amide bonds. The standard InChI is InChI=1S/C26H18BN6/c1-2-4-24-23(3-1)32(25-7-5-21(17-30-25)19-9-13-28-14-10-19)27-33(24)26-8-6-22(18-31-26)20-11-15-29-16-12-20/h1-18H. The molecule has 5 aromatic rings. The van der Waals surface area contributed by atoms with E-state index >= 15 is 0 Å². The van der Waals surface area contributed by atoms with Crippen molar-refractivity contribution in [1.29, 1.82) is 0 Å². The third-order valence-corrected chi connectivity index (χ3v) is 5.65. The molecule has 0 saturated heterocycles. The Kier molecular flexibility index (Phi) is 4.77. The van der Waals surface area contributed by atoms with Crippen molar-refractivity contribution in [2.24, 2.45) is 0 Å². The second-order valence-electron chi connectivity index (χ2n) is 7.63. The monoisotopic (exact) mass is 425 g/mol. The molecule has 1 aromatic carbocycles. The van der Waals surface area contributed by atoms with Gasteiger partial charge in [0.25, 0.3) is 0 Å². The van der Waals surface area contributed by atoms with Gasteiger partial charge in [-0.1, -0.05) is 12.1 Å². The van der Waals surface area contributed by atoms with Gasteiger partial charge in [-0.15, -0.1) is 0 Å². The third-order valence-electron chi connectivity index (χ3n) is 5.65. The van der Waals surface area contributed by atoms with Gasteiger partial charge < -0.3 is 9.62 Å². The smallest absolute Gasteiger partial charge is 0.351 e. The second kappa shape index (κ2) is 8.20. The van der Waals surface area contributed by atoms with Gasteiger partial charge in [0.1, 0.15) is 11.6 Å². The van der Waals surface area contributed by atoms with E-state index in [2.05, 4.69) is 43.9 Å². The summed E-state index contributed by atoms with van der Waals surface area (Å²) in [6.45, 7) is 0. The van der Waals surface area contributed by atoms with E-state index in [9.17, 15) is 0 Å². The van der Waals surface area contributed by atoms with E-state index in [4.69, 9.17) is 9.97 Å². The van der Waals surface area contributed by atoms with Crippen LogP contribution in [0.15, 0.2) is 110 Å². The largest absolute Gasteiger partial charge is 0.403 e. The molecule has 33 heavy (non-hydrogen) atoms. The Morgan fingerprint density at radius 3 is 1.33 bits per heavy atom. The third kappa shape index (κ3) is 3.59. The molecule has 5 heterocycles. The molecule has 7 heteroatoms. The first kappa shape index (κ1) is 19.2. The van der Waals surface area contributed by atoms with E-state index < -0.39 is 0 Å². The summed E-state index contributed by atoms with van der Waals surface area (Å²) in [6, 6.07) is 24.4. The summed E-state index contributed by atoms with van der Waals surface area (Å²) in [5.41, 5.74) is 6.41. The van der Waals surface area contributed by atoms with E-state index in [1.807, 2.05) is 68.5 Å². The molecule has 0 aliphatic carbocycles. The normalized spacial score (nSPS) is 12.4. The van der Waals surface area contributed by atoms with Crippen LogP contribution in [0.3, 0.4) is 0 Å². The second-order valence-corrected chi connectivity index (χ2v) is 7.63. The SMILES string of the molecule is [B]1N(c2ccc(-c3ccncc3)cn2)c2ccccc2N1c1ccc(-c2ccncc2)cn1. The minimum Gasteiger partial charge on any atom is -0.351 e. The Balaban J connectivity index is 1.31. The number of rotatable bonds is 4. The first-order valence-electron chi connectivity index (χ1n) is 10.6. The fourth-order valence-electron chi connectivity index (χ4n) is 3.96. The van der Waals surface area contributed by atoms with Crippen molar-refractivity contribution in [2.75, 3.05) is 9.62 Å². The molecule has 4 aromatic heterocycles. The van der Waals surface area contributed by atoms with Crippen LogP contribution in [0.25, 0.3) is 22.3 Å². The van der Waals surface area contributed by atoms with Gasteiger partial charge >= 0.3 is 7.55 Å². The number of hydrogen-bond donors (Lipinski definition) is 0. The number of aromatic nitrogens is 4. The molecule has 1 radical (unpaired) electrons. The fourth-order valence-corrected chi connectivity index (χ4v) is 3.96. The van der Waals surface area contributed by atoms with Gasteiger partial charge in [0.15, 0.2) is 0 Å². The van der Waals surface area contributed by atoms with E-state index in [0.717, 1.165) is 45.3 Å².